The molecule has 0 aliphatic carbocycles. The molecule has 0 bridgehead atoms. The maximum absolute atomic E-state index is 10.5. The van der Waals surface area contributed by atoms with E-state index in [1.54, 1.807) is 7.11 Å². The van der Waals surface area contributed by atoms with Gasteiger partial charge in [0.15, 0.2) is 0 Å². The first kappa shape index (κ1) is 14.5. The van der Waals surface area contributed by atoms with Crippen molar-refractivity contribution in [1.29, 1.82) is 0 Å². The van der Waals surface area contributed by atoms with Crippen LogP contribution in [0.25, 0.3) is 0 Å². The Bertz CT molecular complexity index is 505. The van der Waals surface area contributed by atoms with E-state index in [0.29, 0.717) is 6.54 Å². The molecule has 6 heteroatoms. The number of rotatable bonds is 6. The van der Waals surface area contributed by atoms with E-state index in [1.807, 2.05) is 36.1 Å². The van der Waals surface area contributed by atoms with E-state index in [4.69, 9.17) is 4.74 Å². The standard InChI is InChI=1S/C12H17NO4S/c1-3-13(8-11(14)9-18(15)16)10-5-4-6-12(7-10)17-2/h4-7,9,11,14H,3,8H2,1-2H3. The lowest BCUT2D eigenvalue weighted by Gasteiger charge is -2.24. The molecule has 1 aromatic rings. The maximum atomic E-state index is 10.5. The highest BCUT2D eigenvalue weighted by Crippen LogP contribution is 2.20. The number of methoxy groups -OCH3 is 1. The number of benzene rings is 1. The normalized spacial score (nSPS) is 11.7. The number of likely N-dealkylation sites (N-methyl/N-ethyl adjacent to an activating group) is 1. The zero-order valence-electron chi connectivity index (χ0n) is 10.4. The summed E-state index contributed by atoms with van der Waals surface area (Å²) >= 11 is 0. The Balaban J connectivity index is 2.85. The molecular weight excluding hydrogens is 254 g/mol. The number of anilines is 1. The fourth-order valence-electron chi connectivity index (χ4n) is 1.62. The van der Waals surface area contributed by atoms with Crippen molar-refractivity contribution in [2.75, 3.05) is 25.1 Å². The third-order valence-electron chi connectivity index (χ3n) is 2.48. The highest BCUT2D eigenvalue weighted by atomic mass is 32.2. The highest BCUT2D eigenvalue weighted by Gasteiger charge is 2.10. The van der Waals surface area contributed by atoms with Crippen LogP contribution in [0, 0.1) is 0 Å². The van der Waals surface area contributed by atoms with Gasteiger partial charge in [0.1, 0.15) is 11.9 Å². The number of hydrogen-bond acceptors (Lipinski definition) is 5. The molecule has 0 saturated heterocycles. The summed E-state index contributed by atoms with van der Waals surface area (Å²) in [5.74, 6) is 0.719. The summed E-state index contributed by atoms with van der Waals surface area (Å²) in [6.45, 7) is 2.81. The largest absolute Gasteiger partial charge is 0.497 e. The van der Waals surface area contributed by atoms with Gasteiger partial charge in [-0.05, 0) is 19.1 Å². The molecule has 0 aliphatic heterocycles. The molecular formula is C12H17NO4S. The van der Waals surface area contributed by atoms with E-state index in [9.17, 15) is 13.5 Å². The summed E-state index contributed by atoms with van der Waals surface area (Å²) in [4.78, 5) is 1.87. The molecule has 0 saturated carbocycles. The van der Waals surface area contributed by atoms with Crippen molar-refractivity contribution in [2.24, 2.45) is 0 Å². The van der Waals surface area contributed by atoms with Crippen LogP contribution in [0.15, 0.2) is 24.3 Å². The number of nitrogens with zero attached hydrogens (tertiary/aromatic N) is 1. The number of hydrogen-bond donors (Lipinski definition) is 1. The van der Waals surface area contributed by atoms with Crippen molar-refractivity contribution in [2.45, 2.75) is 13.0 Å². The Kier molecular flexibility index (Phi) is 5.67. The van der Waals surface area contributed by atoms with Crippen LogP contribution in [0.4, 0.5) is 5.69 Å². The summed E-state index contributed by atoms with van der Waals surface area (Å²) in [6.07, 6.45) is -1.02. The Labute approximate surface area is 108 Å². The Morgan fingerprint density at radius 1 is 1.50 bits per heavy atom. The second-order valence-electron chi connectivity index (χ2n) is 3.70. The molecule has 5 nitrogen and oxygen atoms in total. The molecule has 18 heavy (non-hydrogen) atoms. The van der Waals surface area contributed by atoms with Crippen LogP contribution >= 0.6 is 0 Å². The first-order chi connectivity index (χ1) is 8.56. The molecule has 1 rings (SSSR count). The van der Waals surface area contributed by atoms with Crippen LogP contribution < -0.4 is 9.64 Å². The zero-order chi connectivity index (χ0) is 13.5. The Morgan fingerprint density at radius 3 is 2.78 bits per heavy atom. The first-order valence-electron chi connectivity index (χ1n) is 5.57. The van der Waals surface area contributed by atoms with E-state index in [1.165, 1.54) is 0 Å². The van der Waals surface area contributed by atoms with Gasteiger partial charge in [-0.15, -0.1) is 0 Å². The van der Waals surface area contributed by atoms with Gasteiger partial charge < -0.3 is 14.7 Å². The van der Waals surface area contributed by atoms with Crippen LogP contribution in [0.1, 0.15) is 6.92 Å². The molecule has 0 amide bonds. The van der Waals surface area contributed by atoms with Crippen molar-refractivity contribution in [3.63, 3.8) is 0 Å². The summed E-state index contributed by atoms with van der Waals surface area (Å²) in [7, 11) is -0.771. The van der Waals surface area contributed by atoms with E-state index in [0.717, 1.165) is 16.8 Å². The van der Waals surface area contributed by atoms with E-state index in [-0.39, 0.29) is 6.54 Å². The zero-order valence-corrected chi connectivity index (χ0v) is 11.2. The van der Waals surface area contributed by atoms with E-state index < -0.39 is 16.4 Å². The van der Waals surface area contributed by atoms with Crippen molar-refractivity contribution < 1.29 is 18.3 Å². The number of aliphatic hydroxyl groups is 1. The molecule has 100 valence electrons. The molecule has 0 heterocycles. The Morgan fingerprint density at radius 2 is 2.22 bits per heavy atom. The summed E-state index contributed by atoms with van der Waals surface area (Å²) < 4.78 is 26.0. The second kappa shape index (κ2) is 7.03. The minimum atomic E-state index is -2.35. The monoisotopic (exact) mass is 271 g/mol. The van der Waals surface area contributed by atoms with Crippen molar-refractivity contribution in [3.05, 3.63) is 24.3 Å². The van der Waals surface area contributed by atoms with Gasteiger partial charge in [0, 0.05) is 24.8 Å². The number of ether oxygens (including phenoxy) is 1. The van der Waals surface area contributed by atoms with Crippen LogP contribution in [0.3, 0.4) is 0 Å². The van der Waals surface area contributed by atoms with Gasteiger partial charge in [-0.3, -0.25) is 0 Å². The molecule has 0 aromatic heterocycles. The molecule has 0 radical (unpaired) electrons. The van der Waals surface area contributed by atoms with Crippen LogP contribution in [0.5, 0.6) is 5.75 Å². The average molecular weight is 271 g/mol. The average Bonchev–Trinajstić information content (AvgIpc) is 2.35. The third-order valence-corrected chi connectivity index (χ3v) is 3.01. The van der Waals surface area contributed by atoms with Gasteiger partial charge in [-0.1, -0.05) is 6.07 Å². The predicted octanol–water partition coefficient (Wildman–Crippen LogP) is 0.564. The summed E-state index contributed by atoms with van der Waals surface area (Å²) in [5, 5.41) is 10.5. The van der Waals surface area contributed by atoms with Crippen molar-refractivity contribution in [3.8, 4) is 5.75 Å². The Hall–Kier alpha value is -1.53. The minimum Gasteiger partial charge on any atom is -0.497 e. The van der Waals surface area contributed by atoms with Crippen LogP contribution in [0.2, 0.25) is 0 Å². The van der Waals surface area contributed by atoms with Crippen LogP contribution in [-0.4, -0.2) is 45.2 Å². The van der Waals surface area contributed by atoms with Gasteiger partial charge in [0.25, 0.3) is 0 Å². The smallest absolute Gasteiger partial charge is 0.212 e. The fourth-order valence-corrected chi connectivity index (χ4v) is 1.96. The summed E-state index contributed by atoms with van der Waals surface area (Å²) in [6, 6.07) is 7.39. The molecule has 0 fully saturated rings. The van der Waals surface area contributed by atoms with E-state index >= 15 is 0 Å². The molecule has 0 aliphatic rings. The van der Waals surface area contributed by atoms with Crippen molar-refractivity contribution >= 4 is 21.3 Å². The highest BCUT2D eigenvalue weighted by molar-refractivity contribution is 7.71. The van der Waals surface area contributed by atoms with Gasteiger partial charge >= 0.3 is 0 Å². The minimum absolute atomic E-state index is 0.220. The van der Waals surface area contributed by atoms with Gasteiger partial charge in [0.2, 0.25) is 10.3 Å². The van der Waals surface area contributed by atoms with Crippen LogP contribution in [-0.2, 0) is 10.3 Å². The fraction of sp³-hybridized carbons (Fsp3) is 0.417. The van der Waals surface area contributed by atoms with E-state index in [2.05, 4.69) is 0 Å². The number of aliphatic hydroxyl groups excluding tert-OH is 1. The topological polar surface area (TPSA) is 66.8 Å². The van der Waals surface area contributed by atoms with Gasteiger partial charge in [0.05, 0.1) is 12.5 Å². The quantitative estimate of drug-likeness (QED) is 0.766. The first-order valence-corrected chi connectivity index (χ1v) is 6.70. The summed E-state index contributed by atoms with van der Waals surface area (Å²) in [5.41, 5.74) is 0.876. The lowest BCUT2D eigenvalue weighted by atomic mass is 10.2. The molecule has 1 N–H and O–H groups in total. The predicted molar refractivity (Wildman–Crippen MR) is 71.9 cm³/mol. The molecule has 0 spiro atoms. The lowest BCUT2D eigenvalue weighted by Crippen LogP contribution is -2.33. The van der Waals surface area contributed by atoms with Gasteiger partial charge in [-0.2, -0.15) is 8.42 Å². The lowest BCUT2D eigenvalue weighted by molar-refractivity contribution is 0.253. The molecule has 1 aromatic carbocycles. The maximum Gasteiger partial charge on any atom is 0.212 e. The third kappa shape index (κ3) is 4.38. The molecule has 1 unspecified atom stereocenters. The van der Waals surface area contributed by atoms with Gasteiger partial charge in [-0.25, -0.2) is 0 Å². The molecule has 1 atom stereocenters. The SMILES string of the molecule is CCN(CC(O)C=S(=O)=O)c1cccc(OC)c1. The van der Waals surface area contributed by atoms with Crippen molar-refractivity contribution in [1.82, 2.24) is 0 Å². The second-order valence-corrected chi connectivity index (χ2v) is 4.50.